The summed E-state index contributed by atoms with van der Waals surface area (Å²) in [5.74, 6) is 0. The van der Waals surface area contributed by atoms with E-state index in [1.807, 2.05) is 12.1 Å². The van der Waals surface area contributed by atoms with Crippen LogP contribution in [0.3, 0.4) is 0 Å². The lowest BCUT2D eigenvalue weighted by atomic mass is 10.0. The van der Waals surface area contributed by atoms with Gasteiger partial charge in [-0.2, -0.15) is 10.5 Å². The summed E-state index contributed by atoms with van der Waals surface area (Å²) in [5, 5.41) is 20.2. The van der Waals surface area contributed by atoms with Gasteiger partial charge >= 0.3 is 14.8 Å². The second-order valence-electron chi connectivity index (χ2n) is 9.58. The zero-order valence-electron chi connectivity index (χ0n) is 22.7. The van der Waals surface area contributed by atoms with Crippen LogP contribution in [-0.4, -0.2) is 33.7 Å². The van der Waals surface area contributed by atoms with Crippen molar-refractivity contribution in [1.82, 2.24) is 18.9 Å². The maximum atomic E-state index is 15.4. The number of nitriles is 2. The minimum Gasteiger partial charge on any atom is -0.323 e. The van der Waals surface area contributed by atoms with Crippen LogP contribution in [0.1, 0.15) is 11.4 Å². The van der Waals surface area contributed by atoms with Crippen molar-refractivity contribution in [3.63, 3.8) is 0 Å². The first-order chi connectivity index (χ1) is 21.5. The van der Waals surface area contributed by atoms with E-state index in [9.17, 15) is 10.5 Å². The average molecular weight is 584 g/mol. The molecule has 0 N–H and O–H groups in total. The molecule has 0 unspecified atom stereocenters. The molecule has 0 fully saturated rings. The Bertz CT molecular complexity index is 2030. The average Bonchev–Trinajstić information content (AvgIpc) is 3.57. The van der Waals surface area contributed by atoms with Gasteiger partial charge in [-0.15, -0.1) is 0 Å². The van der Waals surface area contributed by atoms with Crippen molar-refractivity contribution in [2.45, 2.75) is 0 Å². The van der Waals surface area contributed by atoms with Gasteiger partial charge in [-0.05, 0) is 35.4 Å². The highest BCUT2D eigenvalue weighted by Crippen LogP contribution is 2.36. The monoisotopic (exact) mass is 584 g/mol. The molecule has 6 aromatic rings. The molecule has 4 heterocycles. The molecular weight excluding hydrogens is 566 g/mol. The molecule has 44 heavy (non-hydrogen) atoms. The van der Waals surface area contributed by atoms with Crippen LogP contribution in [0.2, 0.25) is 0 Å². The van der Waals surface area contributed by atoms with Crippen LogP contribution < -0.4 is 10.7 Å². The zero-order chi connectivity index (χ0) is 30.8. The fourth-order valence-corrected chi connectivity index (χ4v) is 5.53. The summed E-state index contributed by atoms with van der Waals surface area (Å²) in [6, 6.07) is 29.6. The Morgan fingerprint density at radius 2 is 0.909 bits per heavy atom. The quantitative estimate of drug-likeness (QED) is 0.190. The Morgan fingerprint density at radius 1 is 0.545 bits per heavy atom. The Morgan fingerprint density at radius 3 is 1.20 bits per heavy atom. The maximum Gasteiger partial charge on any atom is 0.678 e. The maximum absolute atomic E-state index is 15.4. The van der Waals surface area contributed by atoms with E-state index in [4.69, 9.17) is 0 Å². The van der Waals surface area contributed by atoms with Crippen molar-refractivity contribution in [3.8, 4) is 34.7 Å². The molecule has 0 bridgehead atoms. The van der Waals surface area contributed by atoms with Crippen molar-refractivity contribution < 1.29 is 17.3 Å². The highest BCUT2D eigenvalue weighted by Gasteiger charge is 2.36. The number of aromatic nitrogens is 4. The van der Waals surface area contributed by atoms with Crippen molar-refractivity contribution in [3.05, 3.63) is 132 Å². The van der Waals surface area contributed by atoms with Crippen molar-refractivity contribution in [2.75, 3.05) is 0 Å². The van der Waals surface area contributed by atoms with Crippen LogP contribution in [0, 0.1) is 22.7 Å². The van der Waals surface area contributed by atoms with Crippen LogP contribution in [-0.2, 0) is 0 Å². The van der Waals surface area contributed by atoms with Gasteiger partial charge in [-0.1, -0.05) is 72.8 Å². The van der Waals surface area contributed by atoms with Crippen LogP contribution in [0.5, 0.6) is 0 Å². The highest BCUT2D eigenvalue weighted by molar-refractivity contribution is 6.45. The first kappa shape index (κ1) is 28.3. The molecule has 210 valence electrons. The van der Waals surface area contributed by atoms with E-state index >= 15 is 17.3 Å². The second kappa shape index (κ2) is 11.8. The molecule has 0 saturated carbocycles. The molecule has 0 radical (unpaired) electrons. The first-order valence-electron chi connectivity index (χ1n) is 13.3. The Kier molecular flexibility index (Phi) is 7.57. The van der Waals surface area contributed by atoms with E-state index in [2.05, 4.69) is 9.97 Å². The number of hydrogen-bond acceptors (Lipinski definition) is 4. The van der Waals surface area contributed by atoms with E-state index in [1.54, 1.807) is 84.9 Å². The molecule has 0 saturated heterocycles. The predicted octanol–water partition coefficient (Wildman–Crippen LogP) is 5.56. The number of fused-ring (bicyclic) bond motifs is 1. The topological polar surface area (TPSA) is 83.2 Å². The van der Waals surface area contributed by atoms with E-state index in [-0.39, 0.29) is 66.5 Å². The lowest BCUT2D eigenvalue weighted by molar-refractivity contribution is 0.626. The van der Waals surface area contributed by atoms with Gasteiger partial charge in [0.25, 0.3) is 0 Å². The number of rotatable bonds is 6. The number of hydrogen-bond donors (Lipinski definition) is 0. The second-order valence-corrected chi connectivity index (χ2v) is 9.58. The summed E-state index contributed by atoms with van der Waals surface area (Å²) >= 11 is 0. The van der Waals surface area contributed by atoms with E-state index in [0.29, 0.717) is 8.96 Å². The van der Waals surface area contributed by atoms with Gasteiger partial charge in [-0.3, -0.25) is 27.2 Å². The van der Waals surface area contributed by atoms with Crippen LogP contribution in [0.25, 0.3) is 44.4 Å². The van der Waals surface area contributed by atoms with Crippen molar-refractivity contribution in [2.24, 2.45) is 0 Å². The molecule has 0 aliphatic rings. The summed E-state index contributed by atoms with van der Waals surface area (Å²) in [6.07, 6.45) is 2.82. The smallest absolute Gasteiger partial charge is 0.323 e. The fourth-order valence-electron chi connectivity index (χ4n) is 5.53. The lowest BCUT2D eigenvalue weighted by Crippen LogP contribution is -2.33. The predicted molar refractivity (Wildman–Crippen MR) is 162 cm³/mol. The van der Waals surface area contributed by atoms with Crippen LogP contribution >= 0.6 is 0 Å². The molecule has 0 atom stereocenters. The molecule has 0 spiro atoms. The Balaban J connectivity index is 2.07. The molecule has 2 aromatic carbocycles. The standard InChI is InChI=1S/C32H18B2F4N6/c35-33(36)43-29(21-11-3-1-4-12-21)27-28(32(43)24(20-40)26-16-8-10-18-42-26)30(22-13-5-2-6-14-22)44(34(37)38)31(27)23(19-39)25-15-7-9-17-41-25/h1-18H/b31-23-,32-24-. The van der Waals surface area contributed by atoms with Gasteiger partial charge < -0.3 is 8.96 Å². The van der Waals surface area contributed by atoms with Gasteiger partial charge in [0, 0.05) is 23.2 Å². The number of nitrogens with zero attached hydrogens (tertiary/aromatic N) is 6. The van der Waals surface area contributed by atoms with Gasteiger partial charge in [0.1, 0.15) is 23.3 Å². The van der Waals surface area contributed by atoms with Gasteiger partial charge in [0.05, 0.1) is 33.5 Å². The first-order valence-corrected chi connectivity index (χ1v) is 13.3. The normalized spacial score (nSPS) is 12.3. The van der Waals surface area contributed by atoms with Crippen molar-refractivity contribution in [1.29, 1.82) is 10.5 Å². The molecule has 12 heteroatoms. The van der Waals surface area contributed by atoms with Gasteiger partial charge in [0.15, 0.2) is 0 Å². The largest absolute Gasteiger partial charge is 0.678 e. The van der Waals surface area contributed by atoms with E-state index < -0.39 is 14.8 Å². The zero-order valence-corrected chi connectivity index (χ0v) is 22.7. The minimum atomic E-state index is -3.21. The summed E-state index contributed by atoms with van der Waals surface area (Å²) < 4.78 is 63.0. The SMILES string of the molecule is N#C/C(c1ccccn1)=c1\c2c(-c3ccccc3)n(B(F)F)/c(=C(/C#N)c3ccccn3)c2c(-c2ccccc2)n1B(F)F. The molecule has 6 nitrogen and oxygen atoms in total. The summed E-state index contributed by atoms with van der Waals surface area (Å²) in [7, 11) is -6.42. The minimum absolute atomic E-state index is 0.0449. The summed E-state index contributed by atoms with van der Waals surface area (Å²) in [5.41, 5.74) is -0.0601. The molecule has 0 amide bonds. The Hall–Kier alpha value is -5.87. The molecule has 0 aliphatic heterocycles. The lowest BCUT2D eigenvalue weighted by Gasteiger charge is -2.13. The van der Waals surface area contributed by atoms with E-state index in [0.717, 1.165) is 0 Å². The van der Waals surface area contributed by atoms with Crippen LogP contribution in [0.15, 0.2) is 109 Å². The third-order valence-electron chi connectivity index (χ3n) is 7.18. The van der Waals surface area contributed by atoms with Gasteiger partial charge in [-0.25, -0.2) is 0 Å². The van der Waals surface area contributed by atoms with Crippen molar-refractivity contribution >= 4 is 36.7 Å². The van der Waals surface area contributed by atoms with Gasteiger partial charge in [0.2, 0.25) is 0 Å². The molecule has 6 rings (SSSR count). The summed E-state index contributed by atoms with van der Waals surface area (Å²) in [4.78, 5) is 8.48. The highest BCUT2D eigenvalue weighted by atomic mass is 19.2. The third kappa shape index (κ3) is 4.63. The molecular formula is C32H18B2F4N6. The Labute approximate surface area is 249 Å². The van der Waals surface area contributed by atoms with Crippen LogP contribution in [0.4, 0.5) is 17.3 Å². The molecule has 4 aromatic heterocycles. The summed E-state index contributed by atoms with van der Waals surface area (Å²) in [6.45, 7) is 0. The fraction of sp³-hybridized carbons (Fsp3) is 0. The number of pyridine rings is 2. The number of halogens is 4. The number of benzene rings is 2. The third-order valence-corrected chi connectivity index (χ3v) is 7.18. The molecule has 0 aliphatic carbocycles. The van der Waals surface area contributed by atoms with E-state index in [1.165, 1.54) is 24.5 Å².